The fourth-order valence-electron chi connectivity index (χ4n) is 4.44. The van der Waals surface area contributed by atoms with Gasteiger partial charge in [0.25, 0.3) is 5.91 Å². The van der Waals surface area contributed by atoms with E-state index in [1.165, 1.54) is 18.2 Å². The molecule has 1 heterocycles. The molecule has 1 aliphatic rings. The molecule has 0 spiro atoms. The maximum atomic E-state index is 13.7. The summed E-state index contributed by atoms with van der Waals surface area (Å²) in [5.41, 5.74) is 4.23. The van der Waals surface area contributed by atoms with Crippen LogP contribution in [0.2, 0.25) is 0 Å². The molecule has 10 heteroatoms. The molecule has 3 aromatic carbocycles. The smallest absolute Gasteiger partial charge is 0.416 e. The maximum absolute atomic E-state index is 13.7. The normalized spacial score (nSPS) is 18.5. The minimum atomic E-state index is -4.53. The van der Waals surface area contributed by atoms with Crippen LogP contribution in [0.1, 0.15) is 41.2 Å². The number of amides is 1. The number of aliphatic imine (C=N–C) groups is 1. The fraction of sp³-hybridized carbons (Fsp3) is 0.267. The van der Waals surface area contributed by atoms with Gasteiger partial charge in [-0.15, -0.1) is 6.58 Å². The summed E-state index contributed by atoms with van der Waals surface area (Å²) >= 11 is 0. The van der Waals surface area contributed by atoms with E-state index in [4.69, 9.17) is 19.6 Å². The first-order valence-corrected chi connectivity index (χ1v) is 12.7. The van der Waals surface area contributed by atoms with Crippen molar-refractivity contribution < 1.29 is 32.5 Å². The zero-order valence-corrected chi connectivity index (χ0v) is 21.7. The summed E-state index contributed by atoms with van der Waals surface area (Å²) in [5.74, 6) is 0.258. The van der Waals surface area contributed by atoms with Crippen molar-refractivity contribution in [2.24, 2.45) is 4.99 Å². The third-order valence-electron chi connectivity index (χ3n) is 6.39. The number of nitrogens with one attached hydrogen (secondary N) is 2. The molecule has 0 saturated carbocycles. The molecule has 7 nitrogen and oxygen atoms in total. The molecule has 3 aromatic rings. The number of hydrogen-bond donors (Lipinski definition) is 3. The van der Waals surface area contributed by atoms with Gasteiger partial charge in [0, 0.05) is 31.6 Å². The van der Waals surface area contributed by atoms with Crippen LogP contribution in [0, 0.1) is 0 Å². The van der Waals surface area contributed by atoms with Crippen LogP contribution in [-0.4, -0.2) is 35.7 Å². The molecular formula is C30H30F3N3O4. The number of ether oxygens (including phenoxy) is 2. The van der Waals surface area contributed by atoms with Gasteiger partial charge in [0.2, 0.25) is 5.90 Å². The van der Waals surface area contributed by atoms with Gasteiger partial charge in [-0.1, -0.05) is 54.6 Å². The quantitative estimate of drug-likeness (QED) is 0.165. The Balaban J connectivity index is 1.60. The van der Waals surface area contributed by atoms with Crippen molar-refractivity contribution in [3.05, 3.63) is 114 Å². The molecule has 4 rings (SSSR count). The number of hydrogen-bond acceptors (Lipinski definition) is 6. The Morgan fingerprint density at radius 3 is 2.45 bits per heavy atom. The lowest BCUT2D eigenvalue weighted by Crippen LogP contribution is -2.52. The number of aliphatic hydroxyl groups is 1. The Labute approximate surface area is 230 Å². The van der Waals surface area contributed by atoms with Crippen molar-refractivity contribution in [1.82, 2.24) is 10.9 Å². The average Bonchev–Trinajstić information content (AvgIpc) is 3.34. The number of rotatable bonds is 12. The minimum Gasteiger partial charge on any atom is -0.494 e. The number of aliphatic hydroxyl groups excluding tert-OH is 1. The van der Waals surface area contributed by atoms with Crippen LogP contribution in [0.25, 0.3) is 0 Å². The minimum absolute atomic E-state index is 0.0131. The summed E-state index contributed by atoms with van der Waals surface area (Å²) < 4.78 is 52.1. The highest BCUT2D eigenvalue weighted by Gasteiger charge is 2.52. The van der Waals surface area contributed by atoms with E-state index in [1.54, 1.807) is 30.3 Å². The molecule has 2 atom stereocenters. The van der Waals surface area contributed by atoms with E-state index in [-0.39, 0.29) is 31.0 Å². The monoisotopic (exact) mass is 553 g/mol. The van der Waals surface area contributed by atoms with Crippen LogP contribution in [0.5, 0.6) is 5.75 Å². The van der Waals surface area contributed by atoms with E-state index < -0.39 is 29.3 Å². The molecule has 0 radical (unpaired) electrons. The molecule has 0 aliphatic carbocycles. The van der Waals surface area contributed by atoms with E-state index in [0.717, 1.165) is 6.07 Å². The van der Waals surface area contributed by atoms with Gasteiger partial charge in [-0.25, -0.2) is 10.4 Å². The Hall–Kier alpha value is -4.15. The molecule has 40 heavy (non-hydrogen) atoms. The predicted molar refractivity (Wildman–Crippen MR) is 144 cm³/mol. The third kappa shape index (κ3) is 6.52. The summed E-state index contributed by atoms with van der Waals surface area (Å²) in [7, 11) is 0. The first-order chi connectivity index (χ1) is 19.3. The molecule has 0 aromatic heterocycles. The van der Waals surface area contributed by atoms with Gasteiger partial charge in [0.15, 0.2) is 11.6 Å². The highest BCUT2D eigenvalue weighted by atomic mass is 19.4. The van der Waals surface area contributed by atoms with Crippen LogP contribution in [0.15, 0.2) is 96.5 Å². The van der Waals surface area contributed by atoms with Gasteiger partial charge in [0.1, 0.15) is 5.75 Å². The molecule has 0 bridgehead atoms. The van der Waals surface area contributed by atoms with Crippen molar-refractivity contribution in [1.29, 1.82) is 0 Å². The first kappa shape index (κ1) is 28.8. The van der Waals surface area contributed by atoms with Crippen molar-refractivity contribution in [3.8, 4) is 5.75 Å². The first-order valence-electron chi connectivity index (χ1n) is 12.7. The number of carbonyl (C=O) groups excluding carboxylic acids is 1. The summed E-state index contributed by atoms with van der Waals surface area (Å²) in [5, 5.41) is 8.94. The zero-order chi connectivity index (χ0) is 28.6. The molecule has 3 N–H and O–H groups in total. The van der Waals surface area contributed by atoms with E-state index in [1.807, 2.05) is 30.3 Å². The average molecular weight is 554 g/mol. The van der Waals surface area contributed by atoms with E-state index in [9.17, 15) is 18.0 Å². The van der Waals surface area contributed by atoms with Gasteiger partial charge >= 0.3 is 6.18 Å². The fourth-order valence-corrected chi connectivity index (χ4v) is 4.44. The van der Waals surface area contributed by atoms with Crippen molar-refractivity contribution in [2.45, 2.75) is 37.2 Å². The number of halogens is 3. The van der Waals surface area contributed by atoms with Gasteiger partial charge < -0.3 is 14.6 Å². The SMILES string of the molecule is C=CC[C@]1(C(=O)NNCc2ccccc2C(F)(F)F)N=C(c2ccc(OCCCO)cc2)O[C@H]1c1ccccc1. The molecular weight excluding hydrogens is 523 g/mol. The molecule has 210 valence electrons. The number of carbonyl (C=O) groups is 1. The lowest BCUT2D eigenvalue weighted by Gasteiger charge is -2.29. The molecule has 0 saturated heterocycles. The largest absolute Gasteiger partial charge is 0.494 e. The maximum Gasteiger partial charge on any atom is 0.416 e. The lowest BCUT2D eigenvalue weighted by atomic mass is 9.84. The van der Waals surface area contributed by atoms with Crippen LogP contribution in [-0.2, 0) is 22.3 Å². The van der Waals surface area contributed by atoms with Crippen LogP contribution in [0.4, 0.5) is 13.2 Å². The second kappa shape index (κ2) is 12.8. The number of hydrazine groups is 1. The lowest BCUT2D eigenvalue weighted by molar-refractivity contribution is -0.138. The van der Waals surface area contributed by atoms with Gasteiger partial charge in [-0.05, 0) is 41.5 Å². The van der Waals surface area contributed by atoms with Crippen molar-refractivity contribution >= 4 is 11.8 Å². The second-order valence-corrected chi connectivity index (χ2v) is 9.16. The number of nitrogens with zero attached hydrogens (tertiary/aromatic N) is 1. The number of alkyl halides is 3. The van der Waals surface area contributed by atoms with E-state index in [2.05, 4.69) is 17.4 Å². The molecule has 1 amide bonds. The standard InChI is InChI=1S/C30H30F3N3O4/c1-2-17-29(28(38)36-34-20-23-11-6-7-12-25(23)30(31,32)33)26(21-9-4-3-5-10-21)40-27(35-29)22-13-15-24(16-14-22)39-19-8-18-37/h2-7,9-16,26,34,37H,1,8,17-20H2,(H,36,38)/t26-,29-/m0/s1. The van der Waals surface area contributed by atoms with Crippen LogP contribution in [0.3, 0.4) is 0 Å². The third-order valence-corrected chi connectivity index (χ3v) is 6.39. The second-order valence-electron chi connectivity index (χ2n) is 9.16. The van der Waals surface area contributed by atoms with Gasteiger partial charge in [-0.2, -0.15) is 13.2 Å². The molecule has 0 fully saturated rings. The topological polar surface area (TPSA) is 92.2 Å². The van der Waals surface area contributed by atoms with Crippen LogP contribution >= 0.6 is 0 Å². The number of benzene rings is 3. The zero-order valence-electron chi connectivity index (χ0n) is 21.7. The summed E-state index contributed by atoms with van der Waals surface area (Å²) in [6.07, 6.45) is -3.19. The highest BCUT2D eigenvalue weighted by molar-refractivity contribution is 6.01. The van der Waals surface area contributed by atoms with E-state index in [0.29, 0.717) is 29.9 Å². The molecule has 0 unspecified atom stereocenters. The summed E-state index contributed by atoms with van der Waals surface area (Å²) in [4.78, 5) is 18.5. The van der Waals surface area contributed by atoms with Crippen LogP contribution < -0.4 is 15.6 Å². The Kier molecular flexibility index (Phi) is 9.23. The summed E-state index contributed by atoms with van der Waals surface area (Å²) in [6, 6.07) is 21.3. The van der Waals surface area contributed by atoms with Gasteiger partial charge in [-0.3, -0.25) is 10.2 Å². The Bertz CT molecular complexity index is 1330. The summed E-state index contributed by atoms with van der Waals surface area (Å²) in [6.45, 7) is 3.95. The van der Waals surface area contributed by atoms with Crippen molar-refractivity contribution in [2.75, 3.05) is 13.2 Å². The van der Waals surface area contributed by atoms with Gasteiger partial charge in [0.05, 0.1) is 12.2 Å². The predicted octanol–water partition coefficient (Wildman–Crippen LogP) is 5.12. The Morgan fingerprint density at radius 2 is 1.77 bits per heavy atom. The van der Waals surface area contributed by atoms with Crippen molar-refractivity contribution in [3.63, 3.8) is 0 Å². The Morgan fingerprint density at radius 1 is 1.07 bits per heavy atom. The van der Waals surface area contributed by atoms with E-state index >= 15 is 0 Å². The molecule has 1 aliphatic heterocycles. The highest BCUT2D eigenvalue weighted by Crippen LogP contribution is 2.42.